The average molecular weight is 407 g/mol. The number of nitrogens with one attached hydrogen (secondary N) is 1. The Hall–Kier alpha value is -3.52. The van der Waals surface area contributed by atoms with Crippen molar-refractivity contribution in [3.63, 3.8) is 0 Å². The summed E-state index contributed by atoms with van der Waals surface area (Å²) >= 11 is 0.859. The van der Waals surface area contributed by atoms with Crippen LogP contribution in [0.25, 0.3) is 0 Å². The Bertz CT molecular complexity index is 1020. The van der Waals surface area contributed by atoms with Gasteiger partial charge in [0.1, 0.15) is 0 Å². The van der Waals surface area contributed by atoms with Crippen molar-refractivity contribution in [2.45, 2.75) is 13.3 Å². The van der Waals surface area contributed by atoms with E-state index in [0.29, 0.717) is 23.2 Å². The fourth-order valence-electron chi connectivity index (χ4n) is 2.66. The highest BCUT2D eigenvalue weighted by Gasteiger charge is 2.31. The molecule has 2 aromatic rings. The molecule has 0 atom stereocenters. The Kier molecular flexibility index (Phi) is 6.36. The first-order chi connectivity index (χ1) is 14.0. The summed E-state index contributed by atoms with van der Waals surface area (Å²) in [5.41, 5.74) is 1.06. The van der Waals surface area contributed by atoms with Gasteiger partial charge in [-0.15, -0.1) is 5.10 Å². The molecule has 1 N–H and O–H groups in total. The maximum Gasteiger partial charge on any atom is 0.278 e. The van der Waals surface area contributed by atoms with E-state index in [9.17, 15) is 19.2 Å². The number of carbonyl (C=O) groups is 4. The number of ketones is 1. The highest BCUT2D eigenvalue weighted by Crippen LogP contribution is 2.32. The van der Waals surface area contributed by atoms with Gasteiger partial charge >= 0.3 is 0 Å². The first-order valence-electron chi connectivity index (χ1n) is 8.80. The molecule has 0 unspecified atom stereocenters. The van der Waals surface area contributed by atoms with Crippen molar-refractivity contribution in [1.82, 2.24) is 10.3 Å². The molecule has 0 aromatic heterocycles. The number of aldehydes is 1. The topological polar surface area (TPSA) is 95.9 Å². The molecule has 0 radical (unpaired) electrons. The van der Waals surface area contributed by atoms with Gasteiger partial charge in [0.15, 0.2) is 11.5 Å². The van der Waals surface area contributed by atoms with Crippen LogP contribution in [0.5, 0.6) is 0 Å². The second kappa shape index (κ2) is 9.11. The van der Waals surface area contributed by atoms with Crippen molar-refractivity contribution in [2.24, 2.45) is 5.10 Å². The summed E-state index contributed by atoms with van der Waals surface area (Å²) in [5, 5.41) is 7.96. The number of Topliss-reactive ketones (excluding diaryl/α,β-unsaturated/α-hetero) is 1. The number of carbonyl (C=O) groups excluding carboxylic acids is 4. The van der Waals surface area contributed by atoms with Crippen molar-refractivity contribution in [1.29, 1.82) is 0 Å². The van der Waals surface area contributed by atoms with Gasteiger partial charge in [-0.25, -0.2) is 0 Å². The van der Waals surface area contributed by atoms with E-state index in [1.807, 2.05) is 0 Å². The molecule has 1 aliphatic rings. The molecule has 8 heteroatoms. The van der Waals surface area contributed by atoms with Crippen LogP contribution in [0.4, 0.5) is 0 Å². The Morgan fingerprint density at radius 1 is 1.00 bits per heavy atom. The number of hydrogen-bond acceptors (Lipinski definition) is 6. The molecule has 1 heterocycles. The fourth-order valence-corrected chi connectivity index (χ4v) is 3.62. The number of nitrogens with zero attached hydrogens (tertiary/aromatic N) is 2. The highest BCUT2D eigenvalue weighted by molar-refractivity contribution is 8.18. The minimum atomic E-state index is -0.779. The van der Waals surface area contributed by atoms with E-state index >= 15 is 0 Å². The lowest BCUT2D eigenvalue weighted by molar-refractivity contribution is -0.127. The third-order valence-electron chi connectivity index (χ3n) is 4.04. The van der Waals surface area contributed by atoms with Gasteiger partial charge < -0.3 is 0 Å². The molecule has 0 aliphatic carbocycles. The summed E-state index contributed by atoms with van der Waals surface area (Å²) in [7, 11) is 0. The maximum atomic E-state index is 13.0. The zero-order valence-electron chi connectivity index (χ0n) is 15.5. The summed E-state index contributed by atoms with van der Waals surface area (Å²) < 4.78 is 0. The van der Waals surface area contributed by atoms with Crippen LogP contribution in [0.2, 0.25) is 0 Å². The number of thioether (sulfide) groups is 1. The van der Waals surface area contributed by atoms with Gasteiger partial charge in [-0.3, -0.25) is 24.5 Å². The smallest absolute Gasteiger partial charge is 0.278 e. The predicted molar refractivity (Wildman–Crippen MR) is 110 cm³/mol. The molecular weight excluding hydrogens is 390 g/mol. The fraction of sp³-hybridized carbons (Fsp3) is 0.0952. The molecule has 2 aromatic carbocycles. The van der Waals surface area contributed by atoms with Gasteiger partial charge in [0.2, 0.25) is 5.78 Å². The summed E-state index contributed by atoms with van der Waals surface area (Å²) in [6, 6.07) is 16.9. The van der Waals surface area contributed by atoms with Crippen LogP contribution in [-0.2, 0) is 9.59 Å². The lowest BCUT2D eigenvalue weighted by atomic mass is 10.2. The number of amides is 2. The van der Waals surface area contributed by atoms with Crippen LogP contribution in [0, 0.1) is 0 Å². The number of hydrazone groups is 1. The first kappa shape index (κ1) is 20.2. The largest absolute Gasteiger partial charge is 0.299 e. The molecule has 2 amide bonds. The lowest BCUT2D eigenvalue weighted by Gasteiger charge is -2.27. The van der Waals surface area contributed by atoms with E-state index in [1.54, 1.807) is 67.6 Å². The Morgan fingerprint density at radius 3 is 2.14 bits per heavy atom. The normalized spacial score (nSPS) is 13.6. The van der Waals surface area contributed by atoms with Gasteiger partial charge in [0, 0.05) is 11.1 Å². The predicted octanol–water partition coefficient (Wildman–Crippen LogP) is 2.97. The Balaban J connectivity index is 1.98. The number of allylic oxidation sites excluding steroid dienone is 2. The van der Waals surface area contributed by atoms with Gasteiger partial charge in [-0.05, 0) is 42.4 Å². The zero-order chi connectivity index (χ0) is 20.8. The van der Waals surface area contributed by atoms with E-state index < -0.39 is 17.6 Å². The number of amidine groups is 1. The second-order valence-electron chi connectivity index (χ2n) is 5.92. The molecule has 0 saturated carbocycles. The Labute approximate surface area is 171 Å². The van der Waals surface area contributed by atoms with Crippen LogP contribution in [0.3, 0.4) is 0 Å². The van der Waals surface area contributed by atoms with Gasteiger partial charge in [0.25, 0.3) is 11.8 Å². The van der Waals surface area contributed by atoms with Gasteiger partial charge in [-0.2, -0.15) is 5.01 Å². The molecule has 7 nitrogen and oxygen atoms in total. The SMILES string of the molecule is CCC1=C(C(=O)C=O)SC(NC(=O)c2ccccc2)=NN1C(=O)c1ccccc1. The van der Waals surface area contributed by atoms with Gasteiger partial charge in [-0.1, -0.05) is 43.3 Å². The van der Waals surface area contributed by atoms with Crippen molar-refractivity contribution in [2.75, 3.05) is 0 Å². The standard InChI is InChI=1S/C21H17N3O4S/c1-2-16-18(17(26)13-25)29-21(22-19(27)14-9-5-3-6-10-14)23-24(16)20(28)15-11-7-4-8-12-15/h3-13H,2H2,1H3,(H,22,23,27). The van der Waals surface area contributed by atoms with E-state index in [2.05, 4.69) is 10.4 Å². The van der Waals surface area contributed by atoms with Crippen molar-refractivity contribution in [3.05, 3.63) is 82.4 Å². The summed E-state index contributed by atoms with van der Waals surface area (Å²) in [5.74, 6) is -1.69. The Morgan fingerprint density at radius 2 is 1.59 bits per heavy atom. The molecule has 0 spiro atoms. The summed E-state index contributed by atoms with van der Waals surface area (Å²) in [6.07, 6.45) is 0.481. The molecule has 0 saturated heterocycles. The van der Waals surface area contributed by atoms with Crippen molar-refractivity contribution in [3.8, 4) is 0 Å². The van der Waals surface area contributed by atoms with Crippen molar-refractivity contribution < 1.29 is 19.2 Å². The molecule has 146 valence electrons. The second-order valence-corrected chi connectivity index (χ2v) is 6.92. The maximum absolute atomic E-state index is 13.0. The molecule has 29 heavy (non-hydrogen) atoms. The zero-order valence-corrected chi connectivity index (χ0v) is 16.3. The number of benzene rings is 2. The third kappa shape index (κ3) is 4.49. The van der Waals surface area contributed by atoms with Crippen LogP contribution in [-0.4, -0.2) is 34.1 Å². The monoisotopic (exact) mass is 407 g/mol. The summed E-state index contributed by atoms with van der Waals surface area (Å²) in [4.78, 5) is 48.9. The molecule has 0 bridgehead atoms. The minimum Gasteiger partial charge on any atom is -0.299 e. The highest BCUT2D eigenvalue weighted by atomic mass is 32.2. The molecule has 0 fully saturated rings. The number of hydrogen-bond donors (Lipinski definition) is 1. The third-order valence-corrected chi connectivity index (χ3v) is 5.06. The van der Waals surface area contributed by atoms with Crippen molar-refractivity contribution >= 4 is 40.8 Å². The van der Waals surface area contributed by atoms with E-state index in [4.69, 9.17) is 0 Å². The van der Waals surface area contributed by atoms with E-state index in [1.165, 1.54) is 0 Å². The molecule has 1 aliphatic heterocycles. The minimum absolute atomic E-state index is 0.0329. The van der Waals surface area contributed by atoms with Crippen LogP contribution in [0.1, 0.15) is 34.1 Å². The quantitative estimate of drug-likeness (QED) is 0.607. The van der Waals surface area contributed by atoms with E-state index in [-0.39, 0.29) is 16.4 Å². The first-order valence-corrected chi connectivity index (χ1v) is 9.61. The number of rotatable bonds is 5. The van der Waals surface area contributed by atoms with Gasteiger partial charge in [0.05, 0.1) is 10.6 Å². The lowest BCUT2D eigenvalue weighted by Crippen LogP contribution is -2.37. The van der Waals surface area contributed by atoms with Crippen LogP contribution in [0.15, 0.2) is 76.4 Å². The van der Waals surface area contributed by atoms with Crippen LogP contribution >= 0.6 is 11.8 Å². The molecular formula is C21H17N3O4S. The summed E-state index contributed by atoms with van der Waals surface area (Å²) in [6.45, 7) is 1.75. The van der Waals surface area contributed by atoms with Crippen LogP contribution < -0.4 is 5.32 Å². The van der Waals surface area contributed by atoms with E-state index in [0.717, 1.165) is 16.8 Å². The average Bonchev–Trinajstić information content (AvgIpc) is 2.78. The molecule has 3 rings (SSSR count).